The molecule has 1 N–H and O–H groups in total. The Labute approximate surface area is 189 Å². The van der Waals surface area contributed by atoms with Crippen molar-refractivity contribution in [2.24, 2.45) is 7.05 Å². The largest absolute Gasteiger partial charge is 0.461 e. The van der Waals surface area contributed by atoms with Crippen LogP contribution >= 0.6 is 0 Å². The second-order valence-corrected chi connectivity index (χ2v) is 8.20. The number of hydrogen-bond acceptors (Lipinski definition) is 7. The molecule has 1 aliphatic heterocycles. The van der Waals surface area contributed by atoms with Crippen molar-refractivity contribution in [2.75, 3.05) is 25.1 Å². The SMILES string of the molecule is CCOC(=O)c1cnc2cc(C)c(Nc3cc4c(cn3)n(C)c(=O)n4C3CCOCC3)cn12. The van der Waals surface area contributed by atoms with Gasteiger partial charge in [0.15, 0.2) is 5.69 Å². The second-order valence-electron chi connectivity index (χ2n) is 8.20. The van der Waals surface area contributed by atoms with Gasteiger partial charge < -0.3 is 14.8 Å². The highest BCUT2D eigenvalue weighted by Gasteiger charge is 2.22. The monoisotopic (exact) mass is 450 g/mol. The summed E-state index contributed by atoms with van der Waals surface area (Å²) in [6.45, 7) is 5.32. The lowest BCUT2D eigenvalue weighted by atomic mass is 10.1. The van der Waals surface area contributed by atoms with Crippen LogP contribution in [0.15, 0.2) is 35.5 Å². The Kier molecular flexibility index (Phi) is 5.37. The second kappa shape index (κ2) is 8.36. The summed E-state index contributed by atoms with van der Waals surface area (Å²) in [5.41, 5.74) is 4.29. The van der Waals surface area contributed by atoms with Gasteiger partial charge in [-0.05, 0) is 38.3 Å². The first kappa shape index (κ1) is 21.2. The van der Waals surface area contributed by atoms with E-state index in [-0.39, 0.29) is 11.7 Å². The van der Waals surface area contributed by atoms with Crippen molar-refractivity contribution in [3.05, 3.63) is 52.5 Å². The van der Waals surface area contributed by atoms with Crippen LogP contribution in [0.25, 0.3) is 16.7 Å². The Balaban J connectivity index is 1.55. The highest BCUT2D eigenvalue weighted by atomic mass is 16.5. The van der Waals surface area contributed by atoms with Crippen LogP contribution in [0.5, 0.6) is 0 Å². The van der Waals surface area contributed by atoms with Gasteiger partial charge in [0.25, 0.3) is 0 Å². The Morgan fingerprint density at radius 3 is 2.76 bits per heavy atom. The number of aromatic nitrogens is 5. The van der Waals surface area contributed by atoms with Crippen molar-refractivity contribution in [3.8, 4) is 0 Å². The zero-order chi connectivity index (χ0) is 23.1. The number of imidazole rings is 2. The van der Waals surface area contributed by atoms with E-state index in [0.29, 0.717) is 37.0 Å². The molecule has 4 aromatic heterocycles. The lowest BCUT2D eigenvalue weighted by Gasteiger charge is -2.23. The fourth-order valence-corrected chi connectivity index (χ4v) is 4.37. The number of anilines is 2. The Morgan fingerprint density at radius 2 is 2.00 bits per heavy atom. The summed E-state index contributed by atoms with van der Waals surface area (Å²) in [5.74, 6) is 0.179. The summed E-state index contributed by atoms with van der Waals surface area (Å²) in [6.07, 6.45) is 6.64. The van der Waals surface area contributed by atoms with E-state index in [0.717, 1.165) is 35.1 Å². The van der Waals surface area contributed by atoms with Gasteiger partial charge in [-0.25, -0.2) is 19.6 Å². The molecule has 0 saturated carbocycles. The van der Waals surface area contributed by atoms with Crippen LogP contribution in [0.2, 0.25) is 0 Å². The summed E-state index contributed by atoms with van der Waals surface area (Å²) < 4.78 is 15.8. The summed E-state index contributed by atoms with van der Waals surface area (Å²) in [6, 6.07) is 3.89. The molecule has 4 aromatic rings. The summed E-state index contributed by atoms with van der Waals surface area (Å²) in [7, 11) is 1.77. The van der Waals surface area contributed by atoms with E-state index in [4.69, 9.17) is 9.47 Å². The van der Waals surface area contributed by atoms with Crippen LogP contribution in [-0.2, 0) is 16.5 Å². The number of carbonyl (C=O) groups excluding carboxylic acids is 1. The van der Waals surface area contributed by atoms with Gasteiger partial charge in [-0.15, -0.1) is 0 Å². The van der Waals surface area contributed by atoms with Crippen LogP contribution in [-0.4, -0.2) is 49.3 Å². The smallest absolute Gasteiger partial charge is 0.356 e. The van der Waals surface area contributed by atoms with Gasteiger partial charge >= 0.3 is 11.7 Å². The molecule has 33 heavy (non-hydrogen) atoms. The average molecular weight is 450 g/mol. The number of esters is 1. The van der Waals surface area contributed by atoms with Crippen LogP contribution in [0.3, 0.4) is 0 Å². The van der Waals surface area contributed by atoms with Crippen molar-refractivity contribution >= 4 is 34.2 Å². The van der Waals surface area contributed by atoms with Gasteiger partial charge in [0.05, 0.1) is 35.7 Å². The molecule has 1 aliphatic rings. The van der Waals surface area contributed by atoms with E-state index >= 15 is 0 Å². The number of rotatable bonds is 5. The summed E-state index contributed by atoms with van der Waals surface area (Å²) >= 11 is 0. The number of aryl methyl sites for hydroxylation is 2. The number of nitrogens with zero attached hydrogens (tertiary/aromatic N) is 5. The number of hydrogen-bond donors (Lipinski definition) is 1. The van der Waals surface area contributed by atoms with Crippen molar-refractivity contribution < 1.29 is 14.3 Å². The molecule has 0 unspecified atom stereocenters. The molecule has 0 radical (unpaired) electrons. The van der Waals surface area contributed by atoms with Crippen LogP contribution < -0.4 is 11.0 Å². The van der Waals surface area contributed by atoms with E-state index < -0.39 is 5.97 Å². The van der Waals surface area contributed by atoms with Crippen molar-refractivity contribution in [1.29, 1.82) is 0 Å². The zero-order valence-corrected chi connectivity index (χ0v) is 18.9. The third-order valence-corrected chi connectivity index (χ3v) is 6.13. The van der Waals surface area contributed by atoms with E-state index in [1.165, 1.54) is 6.20 Å². The average Bonchev–Trinajstić information content (AvgIpc) is 3.33. The van der Waals surface area contributed by atoms with E-state index in [1.807, 2.05) is 29.8 Å². The first-order valence-corrected chi connectivity index (χ1v) is 11.0. The Bertz CT molecular complexity index is 1410. The van der Waals surface area contributed by atoms with Gasteiger partial charge in [0.2, 0.25) is 0 Å². The minimum atomic E-state index is -0.427. The van der Waals surface area contributed by atoms with E-state index in [2.05, 4.69) is 15.3 Å². The van der Waals surface area contributed by atoms with Gasteiger partial charge in [0, 0.05) is 38.6 Å². The summed E-state index contributed by atoms with van der Waals surface area (Å²) in [4.78, 5) is 34.1. The number of carbonyl (C=O) groups is 1. The predicted octanol–water partition coefficient (Wildman–Crippen LogP) is 2.96. The fourth-order valence-electron chi connectivity index (χ4n) is 4.37. The molecule has 1 saturated heterocycles. The molecule has 0 amide bonds. The molecule has 0 spiro atoms. The van der Waals surface area contributed by atoms with E-state index in [1.54, 1.807) is 29.1 Å². The Hall–Kier alpha value is -3.66. The molecule has 1 fully saturated rings. The molecule has 10 heteroatoms. The third kappa shape index (κ3) is 3.66. The minimum Gasteiger partial charge on any atom is -0.461 e. The molecule has 10 nitrogen and oxygen atoms in total. The lowest BCUT2D eigenvalue weighted by Crippen LogP contribution is -2.29. The topological polar surface area (TPSA) is 105 Å². The maximum absolute atomic E-state index is 13.0. The van der Waals surface area contributed by atoms with Gasteiger partial charge in [-0.3, -0.25) is 13.5 Å². The maximum atomic E-state index is 13.0. The molecule has 5 heterocycles. The van der Waals surface area contributed by atoms with Gasteiger partial charge in [-0.2, -0.15) is 0 Å². The van der Waals surface area contributed by atoms with Crippen LogP contribution in [0.4, 0.5) is 11.5 Å². The third-order valence-electron chi connectivity index (χ3n) is 6.13. The van der Waals surface area contributed by atoms with Crippen LogP contribution in [0.1, 0.15) is 41.9 Å². The normalized spacial score (nSPS) is 14.8. The van der Waals surface area contributed by atoms with Crippen molar-refractivity contribution in [2.45, 2.75) is 32.7 Å². The molecule has 0 bridgehead atoms. The van der Waals surface area contributed by atoms with Gasteiger partial charge in [-0.1, -0.05) is 0 Å². The molecule has 0 atom stereocenters. The number of fused-ring (bicyclic) bond motifs is 2. The van der Waals surface area contributed by atoms with E-state index in [9.17, 15) is 9.59 Å². The van der Waals surface area contributed by atoms with Gasteiger partial charge in [0.1, 0.15) is 11.5 Å². The van der Waals surface area contributed by atoms with Crippen molar-refractivity contribution in [1.82, 2.24) is 23.5 Å². The quantitative estimate of drug-likeness (QED) is 0.466. The fraction of sp³-hybridized carbons (Fsp3) is 0.391. The predicted molar refractivity (Wildman–Crippen MR) is 123 cm³/mol. The molecule has 5 rings (SSSR count). The molecular weight excluding hydrogens is 424 g/mol. The first-order valence-electron chi connectivity index (χ1n) is 11.0. The summed E-state index contributed by atoms with van der Waals surface area (Å²) in [5, 5.41) is 3.34. The molecular formula is C23H26N6O4. The minimum absolute atomic E-state index is 0.0501. The molecule has 0 aliphatic carbocycles. The maximum Gasteiger partial charge on any atom is 0.356 e. The lowest BCUT2D eigenvalue weighted by molar-refractivity contribution is 0.0518. The molecule has 172 valence electrons. The van der Waals surface area contributed by atoms with Crippen molar-refractivity contribution in [3.63, 3.8) is 0 Å². The number of nitrogens with one attached hydrogen (secondary N) is 1. The van der Waals surface area contributed by atoms with Crippen LogP contribution in [0, 0.1) is 6.92 Å². The number of ether oxygens (including phenoxy) is 2. The molecule has 0 aromatic carbocycles. The standard InChI is InChI=1S/C23H26N6O4/c1-4-33-22(30)19-12-25-21-9-14(2)16(13-28(19)21)26-20-10-17-18(11-24-20)27(3)23(31)29(17)15-5-7-32-8-6-15/h9-13,15H,4-8H2,1-3H3,(H,24,26). The highest BCUT2D eigenvalue weighted by Crippen LogP contribution is 2.27. The zero-order valence-electron chi connectivity index (χ0n) is 18.9. The highest BCUT2D eigenvalue weighted by molar-refractivity contribution is 5.89. The Morgan fingerprint density at radius 1 is 1.21 bits per heavy atom. The number of pyridine rings is 2. The first-order chi connectivity index (χ1) is 16.0.